The van der Waals surface area contributed by atoms with Crippen LogP contribution in [0.4, 0.5) is 5.69 Å². The Hall–Kier alpha value is -2.79. The van der Waals surface area contributed by atoms with Crippen LogP contribution in [0.1, 0.15) is 25.0 Å². The maximum atomic E-state index is 12.7. The van der Waals surface area contributed by atoms with Gasteiger partial charge in [0.2, 0.25) is 15.9 Å². The quantitative estimate of drug-likeness (QED) is 0.382. The van der Waals surface area contributed by atoms with E-state index in [1.54, 1.807) is 6.20 Å². The molecule has 10 nitrogen and oxygen atoms in total. The molecule has 0 atom stereocenters. The number of rotatable bonds is 8. The number of hydrogen-bond donors (Lipinski definition) is 1. The van der Waals surface area contributed by atoms with Crippen LogP contribution in [-0.2, 0) is 21.4 Å². The van der Waals surface area contributed by atoms with Crippen molar-refractivity contribution in [3.63, 3.8) is 0 Å². The second-order valence-electron chi connectivity index (χ2n) is 7.27. The summed E-state index contributed by atoms with van der Waals surface area (Å²) >= 11 is 0. The molecule has 1 aliphatic heterocycles. The molecule has 2 heterocycles. The number of nitrogens with one attached hydrogen (secondary N) is 1. The van der Waals surface area contributed by atoms with Crippen LogP contribution < -0.4 is 5.32 Å². The molecule has 1 N–H and O–H groups in total. The van der Waals surface area contributed by atoms with Gasteiger partial charge in [0.25, 0.3) is 5.69 Å². The predicted octanol–water partition coefficient (Wildman–Crippen LogP) is 1.71. The molecule has 1 aliphatic rings. The monoisotopic (exact) mass is 435 g/mol. The molecule has 1 amide bonds. The van der Waals surface area contributed by atoms with Gasteiger partial charge in [0, 0.05) is 56.1 Å². The lowest BCUT2D eigenvalue weighted by atomic mass is 9.97. The number of benzene rings is 1. The molecular formula is C19H25N5O5S. The third-order valence-corrected chi connectivity index (χ3v) is 7.20. The van der Waals surface area contributed by atoms with E-state index in [4.69, 9.17) is 0 Å². The molecule has 30 heavy (non-hydrogen) atoms. The molecule has 0 spiro atoms. The van der Waals surface area contributed by atoms with Gasteiger partial charge in [-0.1, -0.05) is 0 Å². The summed E-state index contributed by atoms with van der Waals surface area (Å²) in [7, 11) is -3.73. The maximum absolute atomic E-state index is 12.7. The smallest absolute Gasteiger partial charge is 0.269 e. The van der Waals surface area contributed by atoms with Gasteiger partial charge in [0.15, 0.2) is 0 Å². The standard InChI is InChI=1S/C19H25N5O5S/c1-15-7-11-21-23(15)12-2-10-20-19(25)16-8-13-22(14-9-16)30(28,29)18-5-3-17(4-6-18)24(26)27/h3-7,11,16H,2,8-10,12-14H2,1H3,(H,20,25). The van der Waals surface area contributed by atoms with Crippen LogP contribution in [0.15, 0.2) is 41.4 Å². The van der Waals surface area contributed by atoms with Gasteiger partial charge in [-0.25, -0.2) is 8.42 Å². The Morgan fingerprint density at radius 2 is 1.90 bits per heavy atom. The molecule has 11 heteroatoms. The van der Waals surface area contributed by atoms with Crippen molar-refractivity contribution in [3.05, 3.63) is 52.3 Å². The molecule has 0 radical (unpaired) electrons. The van der Waals surface area contributed by atoms with E-state index in [1.807, 2.05) is 17.7 Å². The third-order valence-electron chi connectivity index (χ3n) is 5.28. The van der Waals surface area contributed by atoms with E-state index < -0.39 is 14.9 Å². The highest BCUT2D eigenvalue weighted by atomic mass is 32.2. The summed E-state index contributed by atoms with van der Waals surface area (Å²) < 4.78 is 28.7. The van der Waals surface area contributed by atoms with Gasteiger partial charge < -0.3 is 5.32 Å². The number of amides is 1. The summed E-state index contributed by atoms with van der Waals surface area (Å²) in [5, 5.41) is 17.9. The molecular weight excluding hydrogens is 410 g/mol. The number of aromatic nitrogens is 2. The topological polar surface area (TPSA) is 127 Å². The summed E-state index contributed by atoms with van der Waals surface area (Å²) in [4.78, 5) is 22.6. The van der Waals surface area contributed by atoms with Crippen molar-refractivity contribution < 1.29 is 18.1 Å². The number of piperidine rings is 1. The van der Waals surface area contributed by atoms with Crippen LogP contribution in [-0.4, -0.2) is 53.0 Å². The van der Waals surface area contributed by atoms with Crippen LogP contribution in [0.25, 0.3) is 0 Å². The molecule has 1 aromatic carbocycles. The minimum atomic E-state index is -3.73. The molecule has 3 rings (SSSR count). The zero-order chi connectivity index (χ0) is 21.7. The zero-order valence-corrected chi connectivity index (χ0v) is 17.5. The van der Waals surface area contributed by atoms with Crippen LogP contribution in [0.5, 0.6) is 0 Å². The summed E-state index contributed by atoms with van der Waals surface area (Å²) in [5.74, 6) is -0.278. The van der Waals surface area contributed by atoms with Gasteiger partial charge >= 0.3 is 0 Å². The molecule has 1 fully saturated rings. The number of nitro groups is 1. The van der Waals surface area contributed by atoms with Gasteiger partial charge in [-0.3, -0.25) is 19.6 Å². The van der Waals surface area contributed by atoms with Crippen LogP contribution in [0.2, 0.25) is 0 Å². The minimum Gasteiger partial charge on any atom is -0.356 e. The normalized spacial score (nSPS) is 15.8. The maximum Gasteiger partial charge on any atom is 0.269 e. The first-order valence-corrected chi connectivity index (χ1v) is 11.2. The predicted molar refractivity (Wildman–Crippen MR) is 109 cm³/mol. The van der Waals surface area contributed by atoms with Crippen LogP contribution in [0.3, 0.4) is 0 Å². The van der Waals surface area contributed by atoms with Crippen LogP contribution >= 0.6 is 0 Å². The van der Waals surface area contributed by atoms with Crippen molar-refractivity contribution in [1.29, 1.82) is 0 Å². The number of nitrogens with zero attached hydrogens (tertiary/aromatic N) is 4. The first-order chi connectivity index (χ1) is 14.3. The Labute approximate surface area is 175 Å². The van der Waals surface area contributed by atoms with E-state index in [1.165, 1.54) is 28.6 Å². The zero-order valence-electron chi connectivity index (χ0n) is 16.7. The molecule has 1 aromatic heterocycles. The van der Waals surface area contributed by atoms with E-state index in [0.29, 0.717) is 19.4 Å². The number of non-ortho nitro benzene ring substituents is 1. The highest BCUT2D eigenvalue weighted by molar-refractivity contribution is 7.89. The second-order valence-corrected chi connectivity index (χ2v) is 9.21. The summed E-state index contributed by atoms with van der Waals surface area (Å²) in [6.45, 7) is 3.72. The Balaban J connectivity index is 1.46. The molecule has 1 saturated heterocycles. The van der Waals surface area contributed by atoms with Crippen LogP contribution in [0, 0.1) is 23.0 Å². The molecule has 0 aliphatic carbocycles. The average Bonchev–Trinajstić information content (AvgIpc) is 3.16. The van der Waals surface area contributed by atoms with Gasteiger partial charge in [-0.05, 0) is 44.4 Å². The van der Waals surface area contributed by atoms with E-state index in [2.05, 4.69) is 10.4 Å². The lowest BCUT2D eigenvalue weighted by Gasteiger charge is -2.30. The van der Waals surface area contributed by atoms with E-state index in [-0.39, 0.29) is 35.5 Å². The number of aryl methyl sites for hydroxylation is 2. The summed E-state index contributed by atoms with van der Waals surface area (Å²) in [6, 6.07) is 6.77. The van der Waals surface area contributed by atoms with Gasteiger partial charge in [-0.15, -0.1) is 0 Å². The van der Waals surface area contributed by atoms with Gasteiger partial charge in [0.05, 0.1) is 9.82 Å². The fourth-order valence-electron chi connectivity index (χ4n) is 3.46. The number of nitro benzene ring substituents is 1. The van der Waals surface area contributed by atoms with Crippen molar-refractivity contribution in [3.8, 4) is 0 Å². The number of sulfonamides is 1. The van der Waals surface area contributed by atoms with Gasteiger partial charge in [0.1, 0.15) is 0 Å². The summed E-state index contributed by atoms with van der Waals surface area (Å²) in [5.41, 5.74) is 0.912. The number of hydrogen-bond acceptors (Lipinski definition) is 6. The average molecular weight is 436 g/mol. The first kappa shape index (κ1) is 21.9. The summed E-state index contributed by atoms with van der Waals surface area (Å²) in [6.07, 6.45) is 3.39. The van der Waals surface area contributed by atoms with E-state index in [9.17, 15) is 23.3 Å². The molecule has 0 unspecified atom stereocenters. The van der Waals surface area contributed by atoms with Crippen molar-refractivity contribution in [2.75, 3.05) is 19.6 Å². The first-order valence-electron chi connectivity index (χ1n) is 9.80. The van der Waals surface area contributed by atoms with Crippen molar-refractivity contribution in [2.45, 2.75) is 37.6 Å². The highest BCUT2D eigenvalue weighted by Gasteiger charge is 2.32. The largest absolute Gasteiger partial charge is 0.356 e. The highest BCUT2D eigenvalue weighted by Crippen LogP contribution is 2.25. The molecule has 2 aromatic rings. The molecule has 162 valence electrons. The SMILES string of the molecule is Cc1ccnn1CCCNC(=O)C1CCN(S(=O)(=O)c2ccc([N+](=O)[O-])cc2)CC1. The van der Waals surface area contributed by atoms with E-state index >= 15 is 0 Å². The van der Waals surface area contributed by atoms with Crippen molar-refractivity contribution >= 4 is 21.6 Å². The fourth-order valence-corrected chi connectivity index (χ4v) is 4.93. The van der Waals surface area contributed by atoms with Gasteiger partial charge in [-0.2, -0.15) is 9.40 Å². The number of carbonyl (C=O) groups is 1. The Kier molecular flexibility index (Phi) is 6.83. The molecule has 0 bridgehead atoms. The van der Waals surface area contributed by atoms with E-state index in [0.717, 1.165) is 18.7 Å². The lowest BCUT2D eigenvalue weighted by Crippen LogP contribution is -2.43. The third kappa shape index (κ3) is 5.03. The Morgan fingerprint density at radius 1 is 1.23 bits per heavy atom. The number of carbonyl (C=O) groups excluding carboxylic acids is 1. The Morgan fingerprint density at radius 3 is 2.47 bits per heavy atom. The van der Waals surface area contributed by atoms with Crippen molar-refractivity contribution in [1.82, 2.24) is 19.4 Å². The second kappa shape index (κ2) is 9.35. The molecule has 0 saturated carbocycles. The fraction of sp³-hybridized carbons (Fsp3) is 0.474. The lowest BCUT2D eigenvalue weighted by molar-refractivity contribution is -0.384. The minimum absolute atomic E-state index is 0.0184. The van der Waals surface area contributed by atoms with Crippen molar-refractivity contribution in [2.24, 2.45) is 5.92 Å². The Bertz CT molecular complexity index is 995.